The van der Waals surface area contributed by atoms with Gasteiger partial charge in [0.2, 0.25) is 5.91 Å². The number of aryl methyl sites for hydroxylation is 1. The minimum atomic E-state index is -4.54. The van der Waals surface area contributed by atoms with Gasteiger partial charge in [0.05, 0.1) is 16.8 Å². The van der Waals surface area contributed by atoms with E-state index in [-0.39, 0.29) is 28.8 Å². The van der Waals surface area contributed by atoms with Gasteiger partial charge in [0.1, 0.15) is 11.6 Å². The number of ether oxygens (including phenoxy) is 1. The smallest absolute Gasteiger partial charge is 0.425 e. The quantitative estimate of drug-likeness (QED) is 0.260. The number of carbonyl (C=O) groups is 2. The summed E-state index contributed by atoms with van der Waals surface area (Å²) < 4.78 is 45.0. The summed E-state index contributed by atoms with van der Waals surface area (Å²) in [5.74, 6) is 0.170. The Kier molecular flexibility index (Phi) is 11.2. The molecule has 8 nitrogen and oxygen atoms in total. The van der Waals surface area contributed by atoms with E-state index in [1.807, 2.05) is 42.0 Å². The van der Waals surface area contributed by atoms with Gasteiger partial charge in [-0.15, -0.1) is 0 Å². The van der Waals surface area contributed by atoms with Crippen molar-refractivity contribution in [3.8, 4) is 17.0 Å². The Labute approximate surface area is 241 Å². The Bertz CT molecular complexity index is 1330. The molecule has 41 heavy (non-hydrogen) atoms. The second-order valence-electron chi connectivity index (χ2n) is 9.61. The van der Waals surface area contributed by atoms with Crippen LogP contribution in [-0.4, -0.2) is 57.9 Å². The van der Waals surface area contributed by atoms with Gasteiger partial charge in [0.15, 0.2) is 6.10 Å². The van der Waals surface area contributed by atoms with Gasteiger partial charge in [0, 0.05) is 50.3 Å². The van der Waals surface area contributed by atoms with Crippen molar-refractivity contribution in [2.45, 2.75) is 65.0 Å². The van der Waals surface area contributed by atoms with Gasteiger partial charge in [-0.1, -0.05) is 35.9 Å². The summed E-state index contributed by atoms with van der Waals surface area (Å²) in [7, 11) is 0. The molecule has 0 aliphatic carbocycles. The number of halogens is 4. The molecule has 0 spiro atoms. The molecule has 0 bridgehead atoms. The highest BCUT2D eigenvalue weighted by molar-refractivity contribution is 6.32. The summed E-state index contributed by atoms with van der Waals surface area (Å²) in [6.07, 6.45) is -4.00. The van der Waals surface area contributed by atoms with Gasteiger partial charge >= 0.3 is 6.18 Å². The third-order valence-electron chi connectivity index (χ3n) is 6.37. The largest absolute Gasteiger partial charge is 0.480 e. The van der Waals surface area contributed by atoms with Gasteiger partial charge < -0.3 is 25.0 Å². The lowest BCUT2D eigenvalue weighted by Gasteiger charge is -2.18. The number of nitrogens with one attached hydrogen (secondary N) is 2. The van der Waals surface area contributed by atoms with Crippen LogP contribution in [-0.2, 0) is 24.2 Å². The summed E-state index contributed by atoms with van der Waals surface area (Å²) in [5, 5.41) is 15.8. The van der Waals surface area contributed by atoms with Gasteiger partial charge in [-0.3, -0.25) is 9.59 Å². The maximum atomic E-state index is 12.7. The van der Waals surface area contributed by atoms with E-state index in [9.17, 15) is 27.9 Å². The first-order chi connectivity index (χ1) is 19.4. The minimum absolute atomic E-state index is 0.0779. The third kappa shape index (κ3) is 9.50. The zero-order valence-corrected chi connectivity index (χ0v) is 23.9. The number of alkyl halides is 3. The molecule has 0 fully saturated rings. The number of aliphatic hydroxyl groups excluding tert-OH is 1. The van der Waals surface area contributed by atoms with E-state index in [0.29, 0.717) is 25.8 Å². The molecule has 2 atom stereocenters. The Morgan fingerprint density at radius 3 is 2.44 bits per heavy atom. The van der Waals surface area contributed by atoms with E-state index < -0.39 is 24.3 Å². The van der Waals surface area contributed by atoms with Gasteiger partial charge in [-0.25, -0.2) is 4.98 Å². The first-order valence-corrected chi connectivity index (χ1v) is 13.6. The van der Waals surface area contributed by atoms with Crippen LogP contribution in [0.4, 0.5) is 13.2 Å². The predicted octanol–water partition coefficient (Wildman–Crippen LogP) is 4.96. The Morgan fingerprint density at radius 1 is 1.12 bits per heavy atom. The van der Waals surface area contributed by atoms with Crippen LogP contribution in [0, 0.1) is 0 Å². The molecule has 1 heterocycles. The number of hydrogen-bond acceptors (Lipinski definition) is 5. The number of hydrogen-bond donors (Lipinski definition) is 3. The van der Waals surface area contributed by atoms with Crippen LogP contribution in [0.1, 0.15) is 48.9 Å². The minimum Gasteiger partial charge on any atom is -0.480 e. The zero-order valence-electron chi connectivity index (χ0n) is 23.1. The van der Waals surface area contributed by atoms with Gasteiger partial charge in [0.25, 0.3) is 5.91 Å². The van der Waals surface area contributed by atoms with Crippen LogP contribution in [0.2, 0.25) is 5.02 Å². The van der Waals surface area contributed by atoms with E-state index >= 15 is 0 Å². The lowest BCUT2D eigenvalue weighted by atomic mass is 10.0. The Morgan fingerprint density at radius 2 is 1.83 bits per heavy atom. The molecule has 3 aromatic rings. The number of amides is 2. The molecule has 3 N–H and O–H groups in total. The molecule has 0 aliphatic rings. The van der Waals surface area contributed by atoms with E-state index in [1.165, 1.54) is 25.1 Å². The average Bonchev–Trinajstić information content (AvgIpc) is 3.32. The fraction of sp³-hybridized carbons (Fsp3) is 0.414. The SMILES string of the molecule is CCn1cc(-c2ccc(CC(O)CCNC(=O)c3ccc(OC(C)C(F)(F)F)c(Cl)c3)cc2)nc1CCNC(C)=O. The van der Waals surface area contributed by atoms with Crippen LogP contribution in [0.25, 0.3) is 11.3 Å². The Hall–Kier alpha value is -3.57. The van der Waals surface area contributed by atoms with Crippen LogP contribution in [0.5, 0.6) is 5.75 Å². The lowest BCUT2D eigenvalue weighted by molar-refractivity contribution is -0.189. The summed E-state index contributed by atoms with van der Waals surface area (Å²) in [4.78, 5) is 28.3. The molecule has 1 aromatic heterocycles. The van der Waals surface area contributed by atoms with Crippen molar-refractivity contribution in [2.75, 3.05) is 13.1 Å². The summed E-state index contributed by atoms with van der Waals surface area (Å²) >= 11 is 6.01. The first-order valence-electron chi connectivity index (χ1n) is 13.3. The van der Waals surface area contributed by atoms with E-state index in [0.717, 1.165) is 36.1 Å². The van der Waals surface area contributed by atoms with E-state index in [4.69, 9.17) is 21.3 Å². The van der Waals surface area contributed by atoms with Crippen LogP contribution < -0.4 is 15.4 Å². The molecule has 0 aliphatic heterocycles. The van der Waals surface area contributed by atoms with Gasteiger partial charge in [-0.2, -0.15) is 13.2 Å². The predicted molar refractivity (Wildman–Crippen MR) is 150 cm³/mol. The molecule has 2 amide bonds. The highest BCUT2D eigenvalue weighted by Gasteiger charge is 2.38. The molecular formula is C29H34ClF3N4O4. The van der Waals surface area contributed by atoms with Crippen LogP contribution in [0.15, 0.2) is 48.7 Å². The summed E-state index contributed by atoms with van der Waals surface area (Å²) in [6.45, 7) is 5.85. The maximum absolute atomic E-state index is 12.7. The third-order valence-corrected chi connectivity index (χ3v) is 6.66. The number of imidazole rings is 1. The van der Waals surface area contributed by atoms with Crippen molar-refractivity contribution in [3.05, 3.63) is 70.6 Å². The molecule has 0 radical (unpaired) electrons. The monoisotopic (exact) mass is 594 g/mol. The lowest BCUT2D eigenvalue weighted by Crippen LogP contribution is -2.31. The molecule has 0 saturated heterocycles. The molecule has 2 unspecified atom stereocenters. The molecule has 222 valence electrons. The van der Waals surface area contributed by atoms with Crippen molar-refractivity contribution in [3.63, 3.8) is 0 Å². The number of aromatic nitrogens is 2. The van der Waals surface area contributed by atoms with Gasteiger partial charge in [-0.05, 0) is 50.5 Å². The fourth-order valence-corrected chi connectivity index (χ4v) is 4.28. The maximum Gasteiger partial charge on any atom is 0.425 e. The van der Waals surface area contributed by atoms with E-state index in [1.54, 1.807) is 0 Å². The fourth-order valence-electron chi connectivity index (χ4n) is 4.05. The zero-order chi connectivity index (χ0) is 30.2. The highest BCUT2D eigenvalue weighted by Crippen LogP contribution is 2.30. The van der Waals surface area contributed by atoms with Crippen molar-refractivity contribution >= 4 is 23.4 Å². The number of nitrogens with zero attached hydrogens (tertiary/aromatic N) is 2. The van der Waals surface area contributed by atoms with Crippen molar-refractivity contribution < 1.29 is 32.6 Å². The Balaban J connectivity index is 1.48. The van der Waals surface area contributed by atoms with Crippen molar-refractivity contribution in [1.82, 2.24) is 20.2 Å². The molecule has 0 saturated carbocycles. The topological polar surface area (TPSA) is 105 Å². The summed E-state index contributed by atoms with van der Waals surface area (Å²) in [5.41, 5.74) is 2.85. The number of benzene rings is 2. The molecule has 2 aromatic carbocycles. The number of aliphatic hydroxyl groups is 1. The second-order valence-corrected chi connectivity index (χ2v) is 10.0. The number of carbonyl (C=O) groups excluding carboxylic acids is 2. The first kappa shape index (κ1) is 32.0. The molecular weight excluding hydrogens is 561 g/mol. The standard InChI is InChI=1S/C29H34ClF3N4O4/c1-4-37-17-25(36-27(37)12-14-34-19(3)38)21-7-5-20(6-8-21)15-23(39)11-13-35-28(40)22-9-10-26(24(30)16-22)41-18(2)29(31,32)33/h5-10,16-18,23,39H,4,11-15H2,1-3H3,(H,34,38)(H,35,40). The molecule has 3 rings (SSSR count). The average molecular weight is 595 g/mol. The van der Waals surface area contributed by atoms with Crippen LogP contribution >= 0.6 is 11.6 Å². The van der Waals surface area contributed by atoms with Crippen molar-refractivity contribution in [2.24, 2.45) is 0 Å². The molecule has 12 heteroatoms. The number of rotatable bonds is 13. The van der Waals surface area contributed by atoms with Crippen LogP contribution in [0.3, 0.4) is 0 Å². The highest BCUT2D eigenvalue weighted by atomic mass is 35.5. The summed E-state index contributed by atoms with van der Waals surface area (Å²) in [6, 6.07) is 11.5. The van der Waals surface area contributed by atoms with Crippen molar-refractivity contribution in [1.29, 1.82) is 0 Å². The second kappa shape index (κ2) is 14.4. The normalized spacial score (nSPS) is 13.0. The van der Waals surface area contributed by atoms with E-state index in [2.05, 4.69) is 10.6 Å².